The Morgan fingerprint density at radius 1 is 0.900 bits per heavy atom. The van der Waals surface area contributed by atoms with Crippen LogP contribution < -0.4 is 9.62 Å². The third kappa shape index (κ3) is 8.22. The molecule has 0 aromatic heterocycles. The zero-order valence-corrected chi connectivity index (χ0v) is 25.6. The summed E-state index contributed by atoms with van der Waals surface area (Å²) in [6.07, 6.45) is 1.29. The summed E-state index contributed by atoms with van der Waals surface area (Å²) in [4.78, 5) is 28.6. The van der Waals surface area contributed by atoms with Crippen LogP contribution in [0.2, 0.25) is 10.0 Å². The van der Waals surface area contributed by atoms with Crippen LogP contribution in [0.1, 0.15) is 37.5 Å². The fraction of sp³-hybridized carbons (Fsp3) is 0.333. The normalized spacial score (nSPS) is 12.5. The summed E-state index contributed by atoms with van der Waals surface area (Å²) in [6.45, 7) is 5.71. The number of carbonyl (C=O) groups excluding carboxylic acids is 2. The van der Waals surface area contributed by atoms with Gasteiger partial charge >= 0.3 is 0 Å². The minimum absolute atomic E-state index is 0.0151. The summed E-state index contributed by atoms with van der Waals surface area (Å²) >= 11 is 12.3. The molecule has 0 unspecified atom stereocenters. The van der Waals surface area contributed by atoms with Crippen molar-refractivity contribution in [1.82, 2.24) is 10.2 Å². The van der Waals surface area contributed by atoms with E-state index in [1.165, 1.54) is 11.9 Å². The molecule has 0 aliphatic heterocycles. The van der Waals surface area contributed by atoms with E-state index in [0.717, 1.165) is 21.7 Å². The van der Waals surface area contributed by atoms with E-state index in [2.05, 4.69) is 26.1 Å². The molecule has 0 spiro atoms. The number of nitrogens with zero attached hydrogens (tertiary/aromatic N) is 2. The second-order valence-electron chi connectivity index (χ2n) is 10.7. The fourth-order valence-corrected chi connectivity index (χ4v) is 5.47. The topological polar surface area (TPSA) is 86.8 Å². The Bertz CT molecular complexity index is 1440. The smallest absolute Gasteiger partial charge is 0.244 e. The van der Waals surface area contributed by atoms with Gasteiger partial charge < -0.3 is 10.2 Å². The van der Waals surface area contributed by atoms with Crippen molar-refractivity contribution in [1.29, 1.82) is 0 Å². The average Bonchev–Trinajstić information content (AvgIpc) is 2.90. The molecule has 0 radical (unpaired) electrons. The minimum atomic E-state index is -3.84. The Kier molecular flexibility index (Phi) is 10.3. The number of likely N-dealkylation sites (N-methyl/N-ethyl adjacent to an activating group) is 1. The molecule has 0 saturated carbocycles. The highest BCUT2D eigenvalue weighted by atomic mass is 35.5. The highest BCUT2D eigenvalue weighted by molar-refractivity contribution is 7.92. The van der Waals surface area contributed by atoms with Gasteiger partial charge in [0.15, 0.2) is 0 Å². The molecule has 10 heteroatoms. The Hall–Kier alpha value is -3.07. The van der Waals surface area contributed by atoms with Crippen molar-refractivity contribution < 1.29 is 18.0 Å². The zero-order valence-electron chi connectivity index (χ0n) is 23.3. The van der Waals surface area contributed by atoms with E-state index in [0.29, 0.717) is 21.3 Å². The maximum absolute atomic E-state index is 14.0. The highest BCUT2D eigenvalue weighted by Crippen LogP contribution is 2.27. The summed E-state index contributed by atoms with van der Waals surface area (Å²) < 4.78 is 26.9. The van der Waals surface area contributed by atoms with Crippen molar-refractivity contribution >= 4 is 50.7 Å². The molecule has 214 valence electrons. The van der Waals surface area contributed by atoms with Crippen LogP contribution in [0.25, 0.3) is 0 Å². The minimum Gasteiger partial charge on any atom is -0.357 e. The summed E-state index contributed by atoms with van der Waals surface area (Å²) in [5.41, 5.74) is 2.75. The van der Waals surface area contributed by atoms with Gasteiger partial charge in [-0.25, -0.2) is 8.42 Å². The van der Waals surface area contributed by atoms with Crippen molar-refractivity contribution in [3.05, 3.63) is 99.5 Å². The first-order valence-electron chi connectivity index (χ1n) is 12.8. The molecule has 3 rings (SSSR count). The van der Waals surface area contributed by atoms with Gasteiger partial charge in [-0.2, -0.15) is 0 Å². The van der Waals surface area contributed by atoms with Crippen LogP contribution in [0.4, 0.5) is 5.69 Å². The number of rotatable bonds is 10. The molecule has 3 aromatic carbocycles. The third-order valence-corrected chi connectivity index (χ3v) is 8.43. The lowest BCUT2D eigenvalue weighted by molar-refractivity contribution is -0.139. The first-order chi connectivity index (χ1) is 18.7. The van der Waals surface area contributed by atoms with E-state index < -0.39 is 28.5 Å². The molecule has 0 bridgehead atoms. The predicted molar refractivity (Wildman–Crippen MR) is 162 cm³/mol. The maximum Gasteiger partial charge on any atom is 0.244 e. The SMILES string of the molecule is CNC(=O)[C@H](Cc1ccccc1)N(Cc1ccc(Cl)c(Cl)c1)C(=O)CN(c1ccc(C(C)(C)C)cc1)S(C)(=O)=O. The molecular formula is C30H35Cl2N3O4S. The molecule has 0 aliphatic carbocycles. The van der Waals surface area contributed by atoms with Gasteiger partial charge in [0, 0.05) is 20.0 Å². The summed E-state index contributed by atoms with van der Waals surface area (Å²) in [6, 6.07) is 20.5. The number of carbonyl (C=O) groups is 2. The van der Waals surface area contributed by atoms with Crippen LogP contribution in [0, 0.1) is 0 Å². The Morgan fingerprint density at radius 2 is 1.52 bits per heavy atom. The number of hydrogen-bond acceptors (Lipinski definition) is 4. The van der Waals surface area contributed by atoms with Crippen LogP contribution in [-0.2, 0) is 38.0 Å². The lowest BCUT2D eigenvalue weighted by Crippen LogP contribution is -2.52. The van der Waals surface area contributed by atoms with E-state index in [4.69, 9.17) is 23.2 Å². The quantitative estimate of drug-likeness (QED) is 0.334. The van der Waals surface area contributed by atoms with Crippen molar-refractivity contribution in [2.45, 2.75) is 45.2 Å². The second-order valence-corrected chi connectivity index (χ2v) is 13.4. The van der Waals surface area contributed by atoms with Gasteiger partial charge in [0.2, 0.25) is 21.8 Å². The molecule has 0 fully saturated rings. The molecule has 40 heavy (non-hydrogen) atoms. The third-order valence-electron chi connectivity index (χ3n) is 6.55. The van der Waals surface area contributed by atoms with Gasteiger partial charge in [0.1, 0.15) is 12.6 Å². The van der Waals surface area contributed by atoms with Gasteiger partial charge in [-0.15, -0.1) is 0 Å². The molecule has 2 amide bonds. The first kappa shape index (κ1) is 31.5. The molecule has 0 aliphatic rings. The Labute approximate surface area is 247 Å². The molecule has 0 heterocycles. The maximum atomic E-state index is 14.0. The molecule has 0 saturated heterocycles. The van der Waals surface area contributed by atoms with Crippen molar-refractivity contribution in [2.24, 2.45) is 0 Å². The van der Waals surface area contributed by atoms with Crippen molar-refractivity contribution in [3.8, 4) is 0 Å². The van der Waals surface area contributed by atoms with Crippen LogP contribution in [0.3, 0.4) is 0 Å². The van der Waals surface area contributed by atoms with Crippen LogP contribution in [0.15, 0.2) is 72.8 Å². The number of nitrogens with one attached hydrogen (secondary N) is 1. The Morgan fingerprint density at radius 3 is 2.05 bits per heavy atom. The molecule has 1 N–H and O–H groups in total. The number of anilines is 1. The van der Waals surface area contributed by atoms with Crippen LogP contribution >= 0.6 is 23.2 Å². The van der Waals surface area contributed by atoms with Gasteiger partial charge in [-0.1, -0.05) is 92.5 Å². The summed E-state index contributed by atoms with van der Waals surface area (Å²) in [5, 5.41) is 3.32. The predicted octanol–water partition coefficient (Wildman–Crippen LogP) is 5.44. The van der Waals surface area contributed by atoms with Crippen molar-refractivity contribution in [2.75, 3.05) is 24.2 Å². The van der Waals surface area contributed by atoms with E-state index in [-0.39, 0.29) is 24.3 Å². The fourth-order valence-electron chi connectivity index (χ4n) is 4.30. The first-order valence-corrected chi connectivity index (χ1v) is 15.4. The number of benzene rings is 3. The van der Waals surface area contributed by atoms with Crippen LogP contribution in [0.5, 0.6) is 0 Å². The van der Waals surface area contributed by atoms with Gasteiger partial charge in [-0.3, -0.25) is 13.9 Å². The average molecular weight is 605 g/mol. The Balaban J connectivity index is 2.03. The van der Waals surface area contributed by atoms with E-state index in [9.17, 15) is 18.0 Å². The summed E-state index contributed by atoms with van der Waals surface area (Å²) in [7, 11) is -2.34. The number of sulfonamides is 1. The van der Waals surface area contributed by atoms with E-state index >= 15 is 0 Å². The molecule has 1 atom stereocenters. The zero-order chi connectivity index (χ0) is 29.7. The number of amides is 2. The summed E-state index contributed by atoms with van der Waals surface area (Å²) in [5.74, 6) is -0.918. The highest BCUT2D eigenvalue weighted by Gasteiger charge is 2.32. The standard InChI is InChI=1S/C30H35Cl2N3O4S/c1-30(2,3)23-12-14-24(15-13-23)35(40(5,38)39)20-28(36)34(19-22-11-16-25(31)26(32)17-22)27(29(37)33-4)18-21-9-7-6-8-10-21/h6-17,27H,18-20H2,1-5H3,(H,33,37)/t27-/m0/s1. The lowest BCUT2D eigenvalue weighted by atomic mass is 9.87. The van der Waals surface area contributed by atoms with E-state index in [1.807, 2.05) is 42.5 Å². The van der Waals surface area contributed by atoms with Crippen LogP contribution in [-0.4, -0.2) is 51.0 Å². The second kappa shape index (κ2) is 13.1. The number of hydrogen-bond donors (Lipinski definition) is 1. The lowest BCUT2D eigenvalue weighted by Gasteiger charge is -2.33. The van der Waals surface area contributed by atoms with Gasteiger partial charge in [0.05, 0.1) is 22.0 Å². The van der Waals surface area contributed by atoms with Gasteiger partial charge in [-0.05, 0) is 46.4 Å². The largest absolute Gasteiger partial charge is 0.357 e. The molecular weight excluding hydrogens is 569 g/mol. The number of halogens is 2. The molecule has 3 aromatic rings. The van der Waals surface area contributed by atoms with E-state index in [1.54, 1.807) is 30.3 Å². The van der Waals surface area contributed by atoms with Gasteiger partial charge in [0.25, 0.3) is 0 Å². The van der Waals surface area contributed by atoms with Crippen molar-refractivity contribution in [3.63, 3.8) is 0 Å². The monoisotopic (exact) mass is 603 g/mol. The molecule has 7 nitrogen and oxygen atoms in total.